The van der Waals surface area contributed by atoms with Crippen molar-refractivity contribution in [3.63, 3.8) is 0 Å². The first-order valence-corrected chi connectivity index (χ1v) is 8.87. The van der Waals surface area contributed by atoms with E-state index in [0.29, 0.717) is 25.9 Å². The van der Waals surface area contributed by atoms with Crippen LogP contribution in [0.2, 0.25) is 0 Å². The number of halogens is 3. The second-order valence-electron chi connectivity index (χ2n) is 7.01. The maximum atomic E-state index is 12.7. The van der Waals surface area contributed by atoms with Crippen molar-refractivity contribution in [3.05, 3.63) is 18.0 Å². The molecule has 1 aromatic rings. The second-order valence-corrected chi connectivity index (χ2v) is 7.01. The fraction of sp³-hybridized carbons (Fsp3) is 0.706. The lowest BCUT2D eigenvalue weighted by atomic mass is 10.0. The van der Waals surface area contributed by atoms with Gasteiger partial charge < -0.3 is 9.64 Å². The summed E-state index contributed by atoms with van der Waals surface area (Å²) in [4.78, 5) is 23.7. The lowest BCUT2D eigenvalue weighted by Crippen LogP contribution is -2.48. The van der Waals surface area contributed by atoms with Crippen molar-refractivity contribution in [1.29, 1.82) is 0 Å². The van der Waals surface area contributed by atoms with E-state index in [1.165, 1.54) is 0 Å². The van der Waals surface area contributed by atoms with Gasteiger partial charge in [-0.05, 0) is 39.2 Å². The lowest BCUT2D eigenvalue weighted by Gasteiger charge is -2.35. The molecular formula is C17H23F3N4O2. The highest BCUT2D eigenvalue weighted by atomic mass is 19.4. The second kappa shape index (κ2) is 7.38. The molecule has 2 saturated heterocycles. The third-order valence-electron chi connectivity index (χ3n) is 4.95. The Morgan fingerprint density at radius 1 is 1.19 bits per heavy atom. The van der Waals surface area contributed by atoms with E-state index in [9.17, 15) is 18.0 Å². The Kier molecular flexibility index (Phi) is 5.36. The van der Waals surface area contributed by atoms with Crippen LogP contribution < -0.4 is 4.74 Å². The molecule has 0 aromatic carbocycles. The summed E-state index contributed by atoms with van der Waals surface area (Å²) in [5, 5.41) is 0. The van der Waals surface area contributed by atoms with Crippen molar-refractivity contribution in [3.8, 4) is 6.01 Å². The number of alkyl halides is 3. The number of likely N-dealkylation sites (tertiary alicyclic amines) is 2. The van der Waals surface area contributed by atoms with Gasteiger partial charge in [0.1, 0.15) is 6.10 Å². The third-order valence-corrected chi connectivity index (χ3v) is 4.95. The molecule has 144 valence electrons. The van der Waals surface area contributed by atoms with Crippen LogP contribution in [-0.2, 0) is 11.0 Å². The van der Waals surface area contributed by atoms with Crippen molar-refractivity contribution in [2.45, 2.75) is 57.5 Å². The summed E-state index contributed by atoms with van der Waals surface area (Å²) >= 11 is 0. The van der Waals surface area contributed by atoms with Crippen LogP contribution in [0.25, 0.3) is 0 Å². The van der Waals surface area contributed by atoms with Gasteiger partial charge in [-0.15, -0.1) is 0 Å². The standard InChI is InChI=1S/C17H23F3N4O2/c1-11(2)24-10-6-13(15(24)25)23-8-4-12(5-9-23)26-16-21-7-3-14(22-16)17(18,19)20/h3,7,11-13H,4-6,8-10H2,1-2H3. The first kappa shape index (κ1) is 18.9. The molecule has 0 spiro atoms. The highest BCUT2D eigenvalue weighted by Gasteiger charge is 2.38. The van der Waals surface area contributed by atoms with Gasteiger partial charge in [-0.1, -0.05) is 0 Å². The first-order valence-electron chi connectivity index (χ1n) is 8.87. The Morgan fingerprint density at radius 2 is 1.88 bits per heavy atom. The fourth-order valence-electron chi connectivity index (χ4n) is 3.55. The number of aromatic nitrogens is 2. The number of piperidine rings is 1. The Balaban J connectivity index is 1.54. The molecular weight excluding hydrogens is 349 g/mol. The molecule has 6 nitrogen and oxygen atoms in total. The molecule has 1 atom stereocenters. The summed E-state index contributed by atoms with van der Waals surface area (Å²) in [7, 11) is 0. The maximum Gasteiger partial charge on any atom is 0.433 e. The molecule has 2 aliphatic heterocycles. The van der Waals surface area contributed by atoms with Gasteiger partial charge in [0, 0.05) is 31.9 Å². The van der Waals surface area contributed by atoms with Crippen LogP contribution in [0.4, 0.5) is 13.2 Å². The molecule has 2 aliphatic rings. The molecule has 0 saturated carbocycles. The van der Waals surface area contributed by atoms with Gasteiger partial charge in [0.05, 0.1) is 6.04 Å². The summed E-state index contributed by atoms with van der Waals surface area (Å²) in [6.07, 6.45) is -1.63. The van der Waals surface area contributed by atoms with Crippen LogP contribution in [0.1, 0.15) is 38.8 Å². The Morgan fingerprint density at radius 3 is 2.46 bits per heavy atom. The quantitative estimate of drug-likeness (QED) is 0.812. The number of amides is 1. The van der Waals surface area contributed by atoms with Gasteiger partial charge in [-0.25, -0.2) is 4.98 Å². The molecule has 2 fully saturated rings. The largest absolute Gasteiger partial charge is 0.460 e. The third kappa shape index (κ3) is 4.08. The summed E-state index contributed by atoms with van der Waals surface area (Å²) in [5.74, 6) is 0.167. The summed E-state index contributed by atoms with van der Waals surface area (Å²) in [6.45, 7) is 6.14. The van der Waals surface area contributed by atoms with E-state index in [1.807, 2.05) is 18.7 Å². The van der Waals surface area contributed by atoms with E-state index in [4.69, 9.17) is 4.74 Å². The van der Waals surface area contributed by atoms with Gasteiger partial charge in [0.15, 0.2) is 5.69 Å². The van der Waals surface area contributed by atoms with E-state index < -0.39 is 11.9 Å². The van der Waals surface area contributed by atoms with Crippen LogP contribution >= 0.6 is 0 Å². The number of carbonyl (C=O) groups excluding carboxylic acids is 1. The molecule has 0 N–H and O–H groups in total. The number of nitrogens with zero attached hydrogens (tertiary/aromatic N) is 4. The van der Waals surface area contributed by atoms with Crippen molar-refractivity contribution in [2.75, 3.05) is 19.6 Å². The van der Waals surface area contributed by atoms with Gasteiger partial charge in [0.25, 0.3) is 0 Å². The molecule has 1 amide bonds. The van der Waals surface area contributed by atoms with Gasteiger partial charge in [-0.2, -0.15) is 18.2 Å². The zero-order chi connectivity index (χ0) is 18.9. The molecule has 3 heterocycles. The van der Waals surface area contributed by atoms with Crippen LogP contribution in [0.5, 0.6) is 6.01 Å². The van der Waals surface area contributed by atoms with Crippen molar-refractivity contribution >= 4 is 5.91 Å². The van der Waals surface area contributed by atoms with E-state index in [0.717, 1.165) is 25.2 Å². The van der Waals surface area contributed by atoms with Crippen LogP contribution in [0, 0.1) is 0 Å². The van der Waals surface area contributed by atoms with E-state index in [1.54, 1.807) is 0 Å². The minimum Gasteiger partial charge on any atom is -0.460 e. The predicted octanol–water partition coefficient (Wildman–Crippen LogP) is 2.35. The molecule has 1 unspecified atom stereocenters. The summed E-state index contributed by atoms with van der Waals surface area (Å²) in [5.41, 5.74) is -1.01. The minimum absolute atomic E-state index is 0.0943. The number of hydrogen-bond donors (Lipinski definition) is 0. The first-order chi connectivity index (χ1) is 12.3. The highest BCUT2D eigenvalue weighted by Crippen LogP contribution is 2.29. The van der Waals surface area contributed by atoms with E-state index >= 15 is 0 Å². The summed E-state index contributed by atoms with van der Waals surface area (Å²) in [6, 6.07) is 0.678. The number of hydrogen-bond acceptors (Lipinski definition) is 5. The summed E-state index contributed by atoms with van der Waals surface area (Å²) < 4.78 is 43.7. The Hall–Kier alpha value is -1.90. The predicted molar refractivity (Wildman–Crippen MR) is 87.5 cm³/mol. The molecule has 9 heteroatoms. The highest BCUT2D eigenvalue weighted by molar-refractivity contribution is 5.84. The monoisotopic (exact) mass is 372 g/mol. The Bertz CT molecular complexity index is 645. The number of ether oxygens (including phenoxy) is 1. The van der Waals surface area contributed by atoms with E-state index in [-0.39, 0.29) is 30.1 Å². The van der Waals surface area contributed by atoms with Crippen LogP contribution in [0.3, 0.4) is 0 Å². The fourth-order valence-corrected chi connectivity index (χ4v) is 3.55. The average Bonchev–Trinajstić information content (AvgIpc) is 2.97. The van der Waals surface area contributed by atoms with Gasteiger partial charge >= 0.3 is 12.2 Å². The molecule has 0 bridgehead atoms. The zero-order valence-electron chi connectivity index (χ0n) is 14.9. The molecule has 0 aliphatic carbocycles. The van der Waals surface area contributed by atoms with E-state index in [2.05, 4.69) is 14.9 Å². The van der Waals surface area contributed by atoms with Crippen LogP contribution in [-0.4, -0.2) is 63.5 Å². The Labute approximate surface area is 150 Å². The van der Waals surface area contributed by atoms with Crippen molar-refractivity contribution in [2.24, 2.45) is 0 Å². The maximum absolute atomic E-state index is 12.7. The molecule has 26 heavy (non-hydrogen) atoms. The molecule has 0 radical (unpaired) electrons. The number of rotatable bonds is 4. The van der Waals surface area contributed by atoms with Gasteiger partial charge in [-0.3, -0.25) is 9.69 Å². The smallest absolute Gasteiger partial charge is 0.433 e. The normalized spacial score (nSPS) is 23.1. The van der Waals surface area contributed by atoms with Crippen LogP contribution in [0.15, 0.2) is 12.3 Å². The average molecular weight is 372 g/mol. The number of carbonyl (C=O) groups is 1. The zero-order valence-corrected chi connectivity index (χ0v) is 14.9. The molecule has 3 rings (SSSR count). The molecule has 1 aromatic heterocycles. The SMILES string of the molecule is CC(C)N1CCC(N2CCC(Oc3nccc(C(F)(F)F)n3)CC2)C1=O. The minimum atomic E-state index is -4.52. The topological polar surface area (TPSA) is 58.6 Å². The van der Waals surface area contributed by atoms with Crippen molar-refractivity contribution < 1.29 is 22.7 Å². The van der Waals surface area contributed by atoms with Crippen molar-refractivity contribution in [1.82, 2.24) is 19.8 Å². The van der Waals surface area contributed by atoms with Gasteiger partial charge in [0.2, 0.25) is 5.91 Å². The lowest BCUT2D eigenvalue weighted by molar-refractivity contribution is -0.141.